The fourth-order valence-electron chi connectivity index (χ4n) is 6.70. The minimum Gasteiger partial charge on any atom is -0.748 e. The summed E-state index contributed by atoms with van der Waals surface area (Å²) in [5.74, 6) is -2.93. The first-order valence-electron chi connectivity index (χ1n) is 16.0. The van der Waals surface area contributed by atoms with E-state index in [-0.39, 0.29) is 35.6 Å². The number of aliphatic carboxylic acids is 1. The number of carboxylic acid groups (broad SMARTS) is 1. The zero-order valence-corrected chi connectivity index (χ0v) is 28.7. The minimum atomic E-state index is -4.87. The molecule has 1 atom stereocenters. The van der Waals surface area contributed by atoms with Crippen molar-refractivity contribution < 1.29 is 37.0 Å². The van der Waals surface area contributed by atoms with E-state index in [4.69, 9.17) is 5.11 Å². The Labute approximate surface area is 281 Å². The van der Waals surface area contributed by atoms with Gasteiger partial charge in [-0.1, -0.05) is 56.7 Å². The SMILES string of the molecule is C[N+]1=C(/C=C2\C(=O)C(/C=C3/Nc4ccccc4C3(C)C)=C2NC(CS(=O)(=O)[O-])C(=O)NCCCCCC(=O)O)C(C)(C)c2ccccc21. The predicted molar refractivity (Wildman–Crippen MR) is 182 cm³/mol. The average molecular weight is 675 g/mol. The number of unbranched alkanes of at least 4 members (excludes halogenated alkanes) is 2. The molecular formula is C36H42N4O7S. The Balaban J connectivity index is 1.53. The van der Waals surface area contributed by atoms with Gasteiger partial charge in [-0.3, -0.25) is 14.4 Å². The maximum absolute atomic E-state index is 14.0. The van der Waals surface area contributed by atoms with Crippen LogP contribution in [0.5, 0.6) is 0 Å². The van der Waals surface area contributed by atoms with Crippen molar-refractivity contribution in [1.82, 2.24) is 10.6 Å². The van der Waals surface area contributed by atoms with Gasteiger partial charge in [-0.05, 0) is 44.4 Å². The smallest absolute Gasteiger partial charge is 0.303 e. The van der Waals surface area contributed by atoms with Gasteiger partial charge in [0.15, 0.2) is 11.5 Å². The summed E-state index contributed by atoms with van der Waals surface area (Å²) in [6.07, 6.45) is 4.97. The zero-order chi connectivity index (χ0) is 35.0. The molecule has 0 saturated carbocycles. The van der Waals surface area contributed by atoms with Gasteiger partial charge in [-0.2, -0.15) is 4.58 Å². The summed E-state index contributed by atoms with van der Waals surface area (Å²) in [4.78, 5) is 38.1. The molecule has 4 N–H and O–H groups in total. The van der Waals surface area contributed by atoms with E-state index < -0.39 is 44.6 Å². The highest BCUT2D eigenvalue weighted by molar-refractivity contribution is 7.85. The van der Waals surface area contributed by atoms with Crippen LogP contribution in [0.4, 0.5) is 11.4 Å². The molecule has 1 amide bonds. The van der Waals surface area contributed by atoms with E-state index in [0.29, 0.717) is 19.3 Å². The lowest BCUT2D eigenvalue weighted by Crippen LogP contribution is -2.50. The van der Waals surface area contributed by atoms with Crippen LogP contribution < -0.4 is 16.0 Å². The second-order valence-electron chi connectivity index (χ2n) is 13.5. The normalized spacial score (nSPS) is 19.9. The van der Waals surface area contributed by atoms with Gasteiger partial charge in [0.1, 0.15) is 13.1 Å². The number of nitrogens with zero attached hydrogens (tertiary/aromatic N) is 1. The highest BCUT2D eigenvalue weighted by atomic mass is 32.2. The number of carbonyl (C=O) groups excluding carboxylic acids is 2. The summed E-state index contributed by atoms with van der Waals surface area (Å²) in [7, 11) is -2.95. The largest absolute Gasteiger partial charge is 0.748 e. The van der Waals surface area contributed by atoms with Crippen molar-refractivity contribution >= 4 is 44.9 Å². The molecule has 0 saturated heterocycles. The molecule has 0 aromatic heterocycles. The fourth-order valence-corrected chi connectivity index (χ4v) is 7.34. The number of anilines is 1. The monoisotopic (exact) mass is 674 g/mol. The second kappa shape index (κ2) is 13.2. The molecular weight excluding hydrogens is 632 g/mol. The van der Waals surface area contributed by atoms with Crippen LogP contribution in [0.15, 0.2) is 83.2 Å². The van der Waals surface area contributed by atoms with Crippen LogP contribution in [-0.2, 0) is 35.3 Å². The third kappa shape index (κ3) is 6.86. The van der Waals surface area contributed by atoms with Crippen molar-refractivity contribution in [1.29, 1.82) is 0 Å². The number of allylic oxidation sites excluding steroid dienone is 5. The van der Waals surface area contributed by atoms with Crippen molar-refractivity contribution in [3.8, 4) is 0 Å². The van der Waals surface area contributed by atoms with Crippen molar-refractivity contribution in [2.75, 3.05) is 24.7 Å². The Kier molecular flexibility index (Phi) is 9.53. The molecule has 2 aliphatic heterocycles. The van der Waals surface area contributed by atoms with Gasteiger partial charge < -0.3 is 25.6 Å². The third-order valence-electron chi connectivity index (χ3n) is 9.45. The molecule has 5 rings (SSSR count). The van der Waals surface area contributed by atoms with Crippen LogP contribution in [0.1, 0.15) is 64.5 Å². The first-order valence-corrected chi connectivity index (χ1v) is 17.6. The lowest BCUT2D eigenvalue weighted by molar-refractivity contribution is -0.401. The summed E-state index contributed by atoms with van der Waals surface area (Å²) in [5.41, 5.74) is 5.49. The van der Waals surface area contributed by atoms with E-state index in [2.05, 4.69) is 29.8 Å². The lowest BCUT2D eigenvalue weighted by atomic mass is 9.77. The van der Waals surface area contributed by atoms with Gasteiger partial charge in [-0.25, -0.2) is 8.42 Å². The van der Waals surface area contributed by atoms with E-state index in [1.807, 2.05) is 74.0 Å². The van der Waals surface area contributed by atoms with Gasteiger partial charge in [0.05, 0.1) is 32.6 Å². The molecule has 0 fully saturated rings. The highest BCUT2D eigenvalue weighted by Crippen LogP contribution is 2.45. The minimum absolute atomic E-state index is 0.00888. The van der Waals surface area contributed by atoms with Gasteiger partial charge >= 0.3 is 5.97 Å². The Morgan fingerprint density at radius 3 is 2.29 bits per heavy atom. The molecule has 2 aromatic rings. The molecule has 1 aliphatic carbocycles. The summed E-state index contributed by atoms with van der Waals surface area (Å²) < 4.78 is 38.0. The van der Waals surface area contributed by atoms with E-state index >= 15 is 0 Å². The maximum atomic E-state index is 14.0. The molecule has 2 heterocycles. The standard InChI is InChI=1S/C36H42N4O7S/c1-35(2)24-13-8-10-15-26(24)38-29(35)19-22-32(39-27(21-48(45,46)47)34(44)37-18-12-6-7-17-31(41)42)23(33(22)43)20-30-36(3,4)25-14-9-11-16-28(25)40(30)5/h8-11,13-16,19-20,27H,6-7,12,17-18,21H2,1-5H3,(H4,37,39,41,42,43,44,45,46,47). The van der Waals surface area contributed by atoms with Crippen LogP contribution in [0.2, 0.25) is 0 Å². The number of ketones is 1. The number of fused-ring (bicyclic) bond motifs is 2. The maximum Gasteiger partial charge on any atom is 0.303 e. The zero-order valence-electron chi connectivity index (χ0n) is 27.8. The van der Waals surface area contributed by atoms with Crippen LogP contribution >= 0.6 is 0 Å². The van der Waals surface area contributed by atoms with Crippen molar-refractivity contribution in [3.05, 3.63) is 94.4 Å². The summed E-state index contributed by atoms with van der Waals surface area (Å²) in [6, 6.07) is 14.3. The van der Waals surface area contributed by atoms with Gasteiger partial charge in [0, 0.05) is 53.0 Å². The van der Waals surface area contributed by atoms with E-state index in [1.54, 1.807) is 12.2 Å². The van der Waals surface area contributed by atoms with Crippen molar-refractivity contribution in [3.63, 3.8) is 0 Å². The quantitative estimate of drug-likeness (QED) is 0.106. The molecule has 254 valence electrons. The molecule has 0 spiro atoms. The fraction of sp³-hybridized carbons (Fsp3) is 0.389. The van der Waals surface area contributed by atoms with Crippen LogP contribution in [-0.4, -0.2) is 71.4 Å². The first kappa shape index (κ1) is 34.8. The number of rotatable bonds is 13. The number of carbonyl (C=O) groups is 3. The molecule has 12 heteroatoms. The number of nitrogens with one attached hydrogen (secondary N) is 3. The van der Waals surface area contributed by atoms with Gasteiger partial charge in [-0.15, -0.1) is 0 Å². The highest BCUT2D eigenvalue weighted by Gasteiger charge is 2.46. The number of hydrogen-bond acceptors (Lipinski definition) is 8. The Hall–Kier alpha value is -4.55. The molecule has 3 aliphatic rings. The number of Topliss-reactive ketones (excluding diaryl/α,β-unsaturated/α-hetero) is 1. The molecule has 1 unspecified atom stereocenters. The second-order valence-corrected chi connectivity index (χ2v) is 15.0. The number of benzene rings is 2. The topological polar surface area (TPSA) is 168 Å². The number of hydrogen-bond donors (Lipinski definition) is 4. The Bertz CT molecular complexity index is 1920. The van der Waals surface area contributed by atoms with Crippen LogP contribution in [0.3, 0.4) is 0 Å². The Morgan fingerprint density at radius 1 is 0.979 bits per heavy atom. The number of para-hydroxylation sites is 2. The van der Waals surface area contributed by atoms with E-state index in [0.717, 1.165) is 33.9 Å². The lowest BCUT2D eigenvalue weighted by Gasteiger charge is -2.31. The van der Waals surface area contributed by atoms with Crippen molar-refractivity contribution in [2.24, 2.45) is 0 Å². The van der Waals surface area contributed by atoms with E-state index in [9.17, 15) is 27.4 Å². The van der Waals surface area contributed by atoms with Crippen LogP contribution in [0.25, 0.3) is 0 Å². The van der Waals surface area contributed by atoms with Gasteiger partial charge in [0.2, 0.25) is 11.6 Å². The van der Waals surface area contributed by atoms with E-state index in [1.165, 1.54) is 0 Å². The molecule has 0 radical (unpaired) electrons. The molecule has 11 nitrogen and oxygen atoms in total. The molecule has 2 aromatic carbocycles. The first-order chi connectivity index (χ1) is 22.5. The van der Waals surface area contributed by atoms with Crippen LogP contribution in [0, 0.1) is 0 Å². The van der Waals surface area contributed by atoms with Crippen molar-refractivity contribution in [2.45, 2.75) is 70.3 Å². The number of amides is 1. The molecule has 0 bridgehead atoms. The summed E-state index contributed by atoms with van der Waals surface area (Å²) in [5, 5.41) is 17.9. The number of carboxylic acids is 1. The average Bonchev–Trinajstić information content (AvgIpc) is 3.38. The summed E-state index contributed by atoms with van der Waals surface area (Å²) in [6.45, 7) is 8.35. The molecule has 48 heavy (non-hydrogen) atoms. The third-order valence-corrected chi connectivity index (χ3v) is 10.2. The Morgan fingerprint density at radius 2 is 1.65 bits per heavy atom. The van der Waals surface area contributed by atoms with Gasteiger partial charge in [0.25, 0.3) is 0 Å². The summed E-state index contributed by atoms with van der Waals surface area (Å²) >= 11 is 0. The predicted octanol–water partition coefficient (Wildman–Crippen LogP) is 4.01.